The topological polar surface area (TPSA) is 58.6 Å². The van der Waals surface area contributed by atoms with Crippen molar-refractivity contribution in [2.45, 2.75) is 39.4 Å². The fourth-order valence-electron chi connectivity index (χ4n) is 1.37. The van der Waals surface area contributed by atoms with E-state index in [2.05, 4.69) is 5.32 Å². The summed E-state index contributed by atoms with van der Waals surface area (Å²) in [5, 5.41) is 12.4. The molecule has 0 heterocycles. The van der Waals surface area contributed by atoms with Crippen molar-refractivity contribution in [3.05, 3.63) is 28.8 Å². The first-order valence-corrected chi connectivity index (χ1v) is 6.04. The molecule has 4 nitrogen and oxygen atoms in total. The van der Waals surface area contributed by atoms with Crippen molar-refractivity contribution in [2.24, 2.45) is 0 Å². The number of hydrogen-bond acceptors (Lipinski definition) is 3. The van der Waals surface area contributed by atoms with Gasteiger partial charge in [-0.2, -0.15) is 0 Å². The highest BCUT2D eigenvalue weighted by molar-refractivity contribution is 6.31. The summed E-state index contributed by atoms with van der Waals surface area (Å²) in [5.74, 6) is 0. The Balaban J connectivity index is 2.75. The molecule has 0 aliphatic heterocycles. The molecule has 0 bridgehead atoms. The normalized spacial score (nSPS) is 13.0. The van der Waals surface area contributed by atoms with E-state index in [1.165, 1.54) is 0 Å². The molecule has 1 atom stereocenters. The van der Waals surface area contributed by atoms with E-state index in [1.807, 2.05) is 0 Å². The molecule has 0 saturated heterocycles. The molecular formula is C13H18ClNO3. The summed E-state index contributed by atoms with van der Waals surface area (Å²) in [4.78, 5) is 11.5. The molecule has 0 radical (unpaired) electrons. The van der Waals surface area contributed by atoms with Crippen LogP contribution in [0.3, 0.4) is 0 Å². The van der Waals surface area contributed by atoms with E-state index in [0.717, 1.165) is 0 Å². The lowest BCUT2D eigenvalue weighted by molar-refractivity contribution is 0.0636. The Morgan fingerprint density at radius 2 is 2.06 bits per heavy atom. The Bertz CT molecular complexity index is 438. The third kappa shape index (κ3) is 4.55. The average molecular weight is 272 g/mol. The first kappa shape index (κ1) is 14.8. The number of halogens is 1. The van der Waals surface area contributed by atoms with E-state index in [0.29, 0.717) is 16.3 Å². The summed E-state index contributed by atoms with van der Waals surface area (Å²) in [5.41, 5.74) is 0.595. The van der Waals surface area contributed by atoms with Gasteiger partial charge in [0.1, 0.15) is 5.60 Å². The van der Waals surface area contributed by atoms with Gasteiger partial charge in [-0.15, -0.1) is 0 Å². The van der Waals surface area contributed by atoms with Crippen molar-refractivity contribution < 1.29 is 14.6 Å². The lowest BCUT2D eigenvalue weighted by Gasteiger charge is -2.20. The van der Waals surface area contributed by atoms with Crippen LogP contribution >= 0.6 is 11.6 Å². The minimum Gasteiger partial charge on any atom is -0.444 e. The number of carbonyl (C=O) groups is 1. The Kier molecular flexibility index (Phi) is 4.59. The number of rotatable bonds is 2. The van der Waals surface area contributed by atoms with Crippen molar-refractivity contribution in [3.8, 4) is 0 Å². The highest BCUT2D eigenvalue weighted by Crippen LogP contribution is 2.26. The van der Waals surface area contributed by atoms with Gasteiger partial charge in [-0.1, -0.05) is 17.7 Å². The zero-order valence-electron chi connectivity index (χ0n) is 11.0. The maximum atomic E-state index is 11.5. The molecule has 100 valence electrons. The molecule has 0 aliphatic rings. The highest BCUT2D eigenvalue weighted by atomic mass is 35.5. The zero-order chi connectivity index (χ0) is 13.9. The molecule has 2 N–H and O–H groups in total. The van der Waals surface area contributed by atoms with Gasteiger partial charge in [-0.3, -0.25) is 5.32 Å². The molecular weight excluding hydrogens is 254 g/mol. The summed E-state index contributed by atoms with van der Waals surface area (Å²) in [7, 11) is 0. The summed E-state index contributed by atoms with van der Waals surface area (Å²) in [6.07, 6.45) is -1.18. The van der Waals surface area contributed by atoms with E-state index in [4.69, 9.17) is 16.3 Å². The van der Waals surface area contributed by atoms with E-state index in [-0.39, 0.29) is 0 Å². The average Bonchev–Trinajstić information content (AvgIpc) is 2.13. The van der Waals surface area contributed by atoms with Crippen LogP contribution in [-0.2, 0) is 4.74 Å². The van der Waals surface area contributed by atoms with E-state index in [1.54, 1.807) is 45.9 Å². The van der Waals surface area contributed by atoms with Gasteiger partial charge >= 0.3 is 6.09 Å². The van der Waals surface area contributed by atoms with Crippen LogP contribution in [0.4, 0.5) is 10.5 Å². The van der Waals surface area contributed by atoms with Crippen LogP contribution in [0.15, 0.2) is 18.2 Å². The molecule has 0 aliphatic carbocycles. The van der Waals surface area contributed by atoms with Gasteiger partial charge in [-0.25, -0.2) is 4.79 Å². The second-order valence-corrected chi connectivity index (χ2v) is 5.45. The number of nitrogens with one attached hydrogen (secondary N) is 1. The number of amides is 1. The number of aliphatic hydroxyl groups excluding tert-OH is 1. The predicted octanol–water partition coefficient (Wildman–Crippen LogP) is 3.74. The fourth-order valence-corrected chi connectivity index (χ4v) is 1.70. The summed E-state index contributed by atoms with van der Waals surface area (Å²) >= 11 is 5.99. The summed E-state index contributed by atoms with van der Waals surface area (Å²) < 4.78 is 5.12. The van der Waals surface area contributed by atoms with Crippen LogP contribution in [0.1, 0.15) is 39.4 Å². The standard InChI is InChI=1S/C13H18ClNO3/c1-8(16)10-6-5-9(7-11(10)14)15-12(17)18-13(2,3)4/h5-8,16H,1-4H3,(H,15,17)/t8-/m1/s1. The minimum atomic E-state index is -0.645. The number of carbonyl (C=O) groups excluding carboxylic acids is 1. The first-order chi connectivity index (χ1) is 8.19. The van der Waals surface area contributed by atoms with Crippen molar-refractivity contribution in [3.63, 3.8) is 0 Å². The van der Waals surface area contributed by atoms with Gasteiger partial charge in [0.05, 0.1) is 6.10 Å². The Labute approximate surface area is 112 Å². The van der Waals surface area contributed by atoms with Crippen molar-refractivity contribution in [2.75, 3.05) is 5.32 Å². The number of benzene rings is 1. The predicted molar refractivity (Wildman–Crippen MR) is 71.9 cm³/mol. The number of ether oxygens (including phenoxy) is 1. The van der Waals surface area contributed by atoms with Gasteiger partial charge in [0.15, 0.2) is 0 Å². The van der Waals surface area contributed by atoms with Crippen LogP contribution < -0.4 is 5.32 Å². The van der Waals surface area contributed by atoms with Crippen LogP contribution in [0, 0.1) is 0 Å². The Morgan fingerprint density at radius 3 is 2.50 bits per heavy atom. The fraction of sp³-hybridized carbons (Fsp3) is 0.462. The highest BCUT2D eigenvalue weighted by Gasteiger charge is 2.16. The van der Waals surface area contributed by atoms with Crippen molar-refractivity contribution in [1.82, 2.24) is 0 Å². The van der Waals surface area contributed by atoms with E-state index < -0.39 is 17.8 Å². The third-order valence-corrected chi connectivity index (χ3v) is 2.42. The SMILES string of the molecule is C[C@@H](O)c1ccc(NC(=O)OC(C)(C)C)cc1Cl. The molecule has 1 aromatic rings. The molecule has 1 amide bonds. The third-order valence-electron chi connectivity index (χ3n) is 2.10. The number of hydrogen-bond donors (Lipinski definition) is 2. The van der Waals surface area contributed by atoms with Crippen LogP contribution in [0.2, 0.25) is 5.02 Å². The van der Waals surface area contributed by atoms with E-state index in [9.17, 15) is 9.90 Å². The second kappa shape index (κ2) is 5.59. The Morgan fingerprint density at radius 1 is 1.44 bits per heavy atom. The molecule has 0 saturated carbocycles. The van der Waals surface area contributed by atoms with Gasteiger partial charge in [0.25, 0.3) is 0 Å². The maximum Gasteiger partial charge on any atom is 0.412 e. The van der Waals surface area contributed by atoms with Crippen LogP contribution in [0.25, 0.3) is 0 Å². The van der Waals surface area contributed by atoms with Crippen LogP contribution in [0.5, 0.6) is 0 Å². The zero-order valence-corrected chi connectivity index (χ0v) is 11.7. The quantitative estimate of drug-likeness (QED) is 0.861. The smallest absolute Gasteiger partial charge is 0.412 e. The molecule has 0 aromatic heterocycles. The second-order valence-electron chi connectivity index (χ2n) is 5.04. The molecule has 0 spiro atoms. The van der Waals surface area contributed by atoms with Crippen LogP contribution in [-0.4, -0.2) is 16.8 Å². The van der Waals surface area contributed by atoms with Gasteiger partial charge in [-0.05, 0) is 45.4 Å². The molecule has 1 rings (SSSR count). The number of aliphatic hydroxyl groups is 1. The maximum absolute atomic E-state index is 11.5. The lowest BCUT2D eigenvalue weighted by Crippen LogP contribution is -2.27. The number of anilines is 1. The molecule has 18 heavy (non-hydrogen) atoms. The monoisotopic (exact) mass is 271 g/mol. The molecule has 0 unspecified atom stereocenters. The minimum absolute atomic E-state index is 0.401. The summed E-state index contributed by atoms with van der Waals surface area (Å²) in [6, 6.07) is 4.91. The first-order valence-electron chi connectivity index (χ1n) is 5.66. The van der Waals surface area contributed by atoms with Crippen molar-refractivity contribution in [1.29, 1.82) is 0 Å². The summed E-state index contributed by atoms with van der Waals surface area (Å²) in [6.45, 7) is 6.99. The largest absolute Gasteiger partial charge is 0.444 e. The van der Waals surface area contributed by atoms with Gasteiger partial charge in [0.2, 0.25) is 0 Å². The van der Waals surface area contributed by atoms with Gasteiger partial charge in [0, 0.05) is 10.7 Å². The van der Waals surface area contributed by atoms with Crippen molar-refractivity contribution >= 4 is 23.4 Å². The molecule has 5 heteroatoms. The molecule has 1 aromatic carbocycles. The van der Waals surface area contributed by atoms with Gasteiger partial charge < -0.3 is 9.84 Å². The molecule has 0 fully saturated rings. The lowest BCUT2D eigenvalue weighted by atomic mass is 10.1. The van der Waals surface area contributed by atoms with E-state index >= 15 is 0 Å². The Hall–Kier alpha value is -1.26.